The smallest absolute Gasteiger partial charge is 0.321 e. The molecule has 0 fully saturated rings. The maximum Gasteiger partial charge on any atom is 0.321 e. The molecule has 0 aromatic rings. The summed E-state index contributed by atoms with van der Waals surface area (Å²) in [6.45, 7) is 7.59. The molecule has 0 radical (unpaired) electrons. The van der Waals surface area contributed by atoms with Crippen molar-refractivity contribution in [2.45, 2.75) is 45.0 Å². The molecule has 0 aliphatic rings. The number of carbonyl (C=O) groups is 1. The second-order valence-electron chi connectivity index (χ2n) is 4.61. The van der Waals surface area contributed by atoms with Gasteiger partial charge in [0.1, 0.15) is 10.9 Å². The van der Waals surface area contributed by atoms with Crippen molar-refractivity contribution >= 4 is 16.8 Å². The molecule has 0 bridgehead atoms. The van der Waals surface area contributed by atoms with Crippen LogP contribution in [0.25, 0.3) is 0 Å². The maximum atomic E-state index is 11.7. The second-order valence-corrected chi connectivity index (χ2v) is 6.48. The van der Waals surface area contributed by atoms with Crippen LogP contribution >= 0.6 is 0 Å². The Morgan fingerprint density at radius 2 is 1.94 bits per heavy atom. The number of ether oxygens (including phenoxy) is 2. The van der Waals surface area contributed by atoms with Gasteiger partial charge in [-0.25, -0.2) is 0 Å². The molecule has 0 heterocycles. The third-order valence-corrected chi connectivity index (χ3v) is 3.50. The van der Waals surface area contributed by atoms with E-state index in [1.165, 1.54) is 0 Å². The van der Waals surface area contributed by atoms with Gasteiger partial charge in [-0.05, 0) is 34.1 Å². The van der Waals surface area contributed by atoms with Gasteiger partial charge in [-0.2, -0.15) is 0 Å². The van der Waals surface area contributed by atoms with Crippen LogP contribution in [0.1, 0.15) is 34.1 Å². The predicted molar refractivity (Wildman–Crippen MR) is 64.8 cm³/mol. The molecule has 4 nitrogen and oxygen atoms in total. The molecule has 0 aliphatic carbocycles. The monoisotopic (exact) mass is 250 g/mol. The molecule has 5 heteroatoms. The van der Waals surface area contributed by atoms with Gasteiger partial charge in [0.25, 0.3) is 0 Å². The summed E-state index contributed by atoms with van der Waals surface area (Å²) in [5, 5.41) is -0.573. The van der Waals surface area contributed by atoms with Gasteiger partial charge in [0.2, 0.25) is 0 Å². The molecule has 0 saturated heterocycles. The van der Waals surface area contributed by atoms with Crippen molar-refractivity contribution in [3.8, 4) is 0 Å². The van der Waals surface area contributed by atoms with Gasteiger partial charge in [0.05, 0.1) is 0 Å². The third-order valence-electron chi connectivity index (χ3n) is 1.83. The quantitative estimate of drug-likeness (QED) is 0.529. The lowest BCUT2D eigenvalue weighted by Crippen LogP contribution is -2.33. The molecule has 0 aromatic heterocycles. The van der Waals surface area contributed by atoms with E-state index in [1.54, 1.807) is 34.8 Å². The zero-order valence-corrected chi connectivity index (χ0v) is 11.6. The maximum absolute atomic E-state index is 11.7. The molecular weight excluding hydrogens is 228 g/mol. The number of hydrogen-bond acceptors (Lipinski definition) is 4. The van der Waals surface area contributed by atoms with Crippen LogP contribution in [0.5, 0.6) is 0 Å². The first-order chi connectivity index (χ1) is 7.28. The van der Waals surface area contributed by atoms with Crippen LogP contribution in [0, 0.1) is 0 Å². The fourth-order valence-corrected chi connectivity index (χ4v) is 2.03. The van der Waals surface area contributed by atoms with E-state index in [9.17, 15) is 9.00 Å². The van der Waals surface area contributed by atoms with E-state index in [1.807, 2.05) is 0 Å². The van der Waals surface area contributed by atoms with E-state index in [-0.39, 0.29) is 0 Å². The summed E-state index contributed by atoms with van der Waals surface area (Å²) in [4.78, 5) is 11.6. The van der Waals surface area contributed by atoms with E-state index >= 15 is 0 Å². The summed E-state index contributed by atoms with van der Waals surface area (Å²) in [5.41, 5.74) is -0.526. The van der Waals surface area contributed by atoms with E-state index in [2.05, 4.69) is 0 Å². The summed E-state index contributed by atoms with van der Waals surface area (Å²) in [7, 11) is 0.412. The summed E-state index contributed by atoms with van der Waals surface area (Å²) in [6, 6.07) is 0. The largest absolute Gasteiger partial charge is 0.459 e. The minimum absolute atomic E-state index is 0.400. The van der Waals surface area contributed by atoms with Crippen LogP contribution in [0.15, 0.2) is 0 Å². The average molecular weight is 250 g/mol. The van der Waals surface area contributed by atoms with Gasteiger partial charge in [0, 0.05) is 30.3 Å². The third kappa shape index (κ3) is 6.95. The Morgan fingerprint density at radius 1 is 1.38 bits per heavy atom. The Balaban J connectivity index is 4.07. The Morgan fingerprint density at radius 3 is 2.38 bits per heavy atom. The molecule has 0 aliphatic heterocycles. The van der Waals surface area contributed by atoms with Crippen molar-refractivity contribution in [1.29, 1.82) is 0 Å². The van der Waals surface area contributed by atoms with Crippen molar-refractivity contribution in [2.24, 2.45) is 0 Å². The van der Waals surface area contributed by atoms with E-state index in [4.69, 9.17) is 9.47 Å². The van der Waals surface area contributed by atoms with Crippen molar-refractivity contribution < 1.29 is 18.5 Å². The van der Waals surface area contributed by atoms with Gasteiger partial charge in [-0.15, -0.1) is 0 Å². The molecule has 0 amide bonds. The van der Waals surface area contributed by atoms with Crippen LogP contribution in [0.3, 0.4) is 0 Å². The molecule has 0 N–H and O–H groups in total. The van der Waals surface area contributed by atoms with Gasteiger partial charge in [-0.3, -0.25) is 9.00 Å². The Kier molecular flexibility index (Phi) is 6.83. The highest BCUT2D eigenvalue weighted by Gasteiger charge is 2.25. The highest BCUT2D eigenvalue weighted by molar-refractivity contribution is 7.86. The van der Waals surface area contributed by atoms with Gasteiger partial charge in [0.15, 0.2) is 0 Å². The molecule has 16 heavy (non-hydrogen) atoms. The number of rotatable bonds is 6. The summed E-state index contributed by atoms with van der Waals surface area (Å²) in [6.07, 6.45) is 0.691. The van der Waals surface area contributed by atoms with Crippen LogP contribution in [-0.4, -0.2) is 40.5 Å². The normalized spacial score (nSPS) is 15.6. The van der Waals surface area contributed by atoms with Gasteiger partial charge in [-0.1, -0.05) is 0 Å². The van der Waals surface area contributed by atoms with Gasteiger partial charge >= 0.3 is 5.97 Å². The molecule has 0 saturated carbocycles. The zero-order valence-electron chi connectivity index (χ0n) is 10.7. The molecule has 0 rings (SSSR count). The molecular formula is C11H22O4S. The van der Waals surface area contributed by atoms with Crippen molar-refractivity contribution in [1.82, 2.24) is 0 Å². The first-order valence-electron chi connectivity index (χ1n) is 5.37. The number of esters is 1. The SMILES string of the molecule is COCCCS(=O)C(C)C(=O)OC(C)(C)C. The molecule has 0 spiro atoms. The minimum atomic E-state index is -1.19. The van der Waals surface area contributed by atoms with Gasteiger partial charge < -0.3 is 9.47 Å². The number of methoxy groups -OCH3 is 1. The highest BCUT2D eigenvalue weighted by Crippen LogP contribution is 2.11. The summed E-state index contributed by atoms with van der Waals surface area (Å²) in [5.74, 6) is 0.0667. The lowest BCUT2D eigenvalue weighted by Gasteiger charge is -2.21. The Hall–Kier alpha value is -0.420. The molecule has 2 atom stereocenters. The lowest BCUT2D eigenvalue weighted by molar-refractivity contribution is -0.153. The van der Waals surface area contributed by atoms with E-state index in [0.29, 0.717) is 18.8 Å². The van der Waals surface area contributed by atoms with Crippen molar-refractivity contribution in [3.63, 3.8) is 0 Å². The zero-order chi connectivity index (χ0) is 12.8. The fraction of sp³-hybridized carbons (Fsp3) is 0.909. The first kappa shape index (κ1) is 15.6. The Labute approximate surface area is 100 Å². The van der Waals surface area contributed by atoms with Crippen LogP contribution < -0.4 is 0 Å². The average Bonchev–Trinajstić information content (AvgIpc) is 2.14. The summed E-state index contributed by atoms with van der Waals surface area (Å²) < 4.78 is 21.7. The van der Waals surface area contributed by atoms with E-state index < -0.39 is 27.6 Å². The lowest BCUT2D eigenvalue weighted by atomic mass is 10.2. The fourth-order valence-electron chi connectivity index (χ4n) is 1.01. The van der Waals surface area contributed by atoms with Crippen molar-refractivity contribution in [3.05, 3.63) is 0 Å². The molecule has 96 valence electrons. The second kappa shape index (κ2) is 7.01. The first-order valence-corrected chi connectivity index (χ1v) is 6.75. The Bertz CT molecular complexity index is 245. The van der Waals surface area contributed by atoms with E-state index in [0.717, 1.165) is 0 Å². The van der Waals surface area contributed by atoms with Crippen LogP contribution in [0.2, 0.25) is 0 Å². The highest BCUT2D eigenvalue weighted by atomic mass is 32.2. The minimum Gasteiger partial charge on any atom is -0.459 e. The molecule has 2 unspecified atom stereocenters. The van der Waals surface area contributed by atoms with Crippen LogP contribution in [0.4, 0.5) is 0 Å². The number of hydrogen-bond donors (Lipinski definition) is 0. The predicted octanol–water partition coefficient (Wildman–Crippen LogP) is 1.50. The summed E-state index contributed by atoms with van der Waals surface area (Å²) >= 11 is 0. The van der Waals surface area contributed by atoms with Crippen molar-refractivity contribution in [2.75, 3.05) is 19.5 Å². The number of carbonyl (C=O) groups excluding carboxylic acids is 1. The topological polar surface area (TPSA) is 52.6 Å². The molecule has 0 aromatic carbocycles. The van der Waals surface area contributed by atoms with Crippen LogP contribution in [-0.2, 0) is 25.1 Å². The standard InChI is InChI=1S/C11H22O4S/c1-9(10(12)15-11(2,3)4)16(13)8-6-7-14-5/h9H,6-8H2,1-5H3.